The van der Waals surface area contributed by atoms with Crippen molar-refractivity contribution in [2.75, 3.05) is 19.7 Å². The number of benzene rings is 2. The number of halogens is 1. The Bertz CT molecular complexity index is 733. The van der Waals surface area contributed by atoms with Gasteiger partial charge in [-0.1, -0.05) is 30.3 Å². The molecule has 0 amide bonds. The third-order valence-corrected chi connectivity index (χ3v) is 5.13. The van der Waals surface area contributed by atoms with Crippen LogP contribution in [-0.4, -0.2) is 30.9 Å². The predicted molar refractivity (Wildman–Crippen MR) is 90.6 cm³/mol. The summed E-state index contributed by atoms with van der Waals surface area (Å²) in [6, 6.07) is 13.6. The molecule has 0 saturated carbocycles. The highest BCUT2D eigenvalue weighted by Crippen LogP contribution is 2.49. The van der Waals surface area contributed by atoms with Crippen LogP contribution < -0.4 is 5.32 Å². The number of aliphatic hydroxyl groups excluding tert-OH is 1. The first kappa shape index (κ1) is 15.8. The van der Waals surface area contributed by atoms with Crippen LogP contribution in [0.1, 0.15) is 40.7 Å². The van der Waals surface area contributed by atoms with Crippen LogP contribution >= 0.6 is 0 Å². The molecule has 0 radical (unpaired) electrons. The van der Waals surface area contributed by atoms with Crippen molar-refractivity contribution < 1.29 is 14.2 Å². The van der Waals surface area contributed by atoms with Gasteiger partial charge in [0.15, 0.2) is 0 Å². The first-order valence-corrected chi connectivity index (χ1v) is 8.59. The number of ether oxygens (including phenoxy) is 1. The molecular formula is C20H22FNO2. The average molecular weight is 327 g/mol. The normalized spacial score (nSPS) is 24.8. The summed E-state index contributed by atoms with van der Waals surface area (Å²) in [6.07, 6.45) is 1.72. The molecule has 1 saturated heterocycles. The molecule has 1 fully saturated rings. The molecule has 2 N–H and O–H groups in total. The lowest BCUT2D eigenvalue weighted by Crippen LogP contribution is -2.28. The van der Waals surface area contributed by atoms with Gasteiger partial charge in [0.25, 0.3) is 0 Å². The fourth-order valence-electron chi connectivity index (χ4n) is 4.07. The molecule has 126 valence electrons. The van der Waals surface area contributed by atoms with E-state index in [1.807, 2.05) is 6.07 Å². The first-order valence-electron chi connectivity index (χ1n) is 8.59. The van der Waals surface area contributed by atoms with E-state index in [-0.39, 0.29) is 30.5 Å². The standard InChI is InChI=1S/C20H22FNO2/c21-15-6-5-14-9-13-3-1-2-4-17(13)19-11-16(12-22-7-8-23)24-20(19)18(14)10-15/h1-6,10,16,19-20,22-23H,7-9,11-12H2/t16-,19-,20+/m1/s1. The van der Waals surface area contributed by atoms with Crippen LogP contribution in [0.25, 0.3) is 0 Å². The maximum Gasteiger partial charge on any atom is 0.123 e. The third-order valence-electron chi connectivity index (χ3n) is 5.13. The summed E-state index contributed by atoms with van der Waals surface area (Å²) in [6.45, 7) is 1.40. The minimum Gasteiger partial charge on any atom is -0.395 e. The smallest absolute Gasteiger partial charge is 0.123 e. The van der Waals surface area contributed by atoms with Gasteiger partial charge in [0.2, 0.25) is 0 Å². The van der Waals surface area contributed by atoms with Gasteiger partial charge >= 0.3 is 0 Å². The Morgan fingerprint density at radius 3 is 2.83 bits per heavy atom. The molecule has 3 nitrogen and oxygen atoms in total. The molecule has 3 atom stereocenters. The van der Waals surface area contributed by atoms with Crippen LogP contribution in [0.15, 0.2) is 42.5 Å². The van der Waals surface area contributed by atoms with Gasteiger partial charge < -0.3 is 15.2 Å². The third kappa shape index (κ3) is 2.86. The molecule has 4 heteroatoms. The molecular weight excluding hydrogens is 305 g/mol. The van der Waals surface area contributed by atoms with Crippen LogP contribution in [-0.2, 0) is 11.2 Å². The number of fused-ring (bicyclic) bond motifs is 5. The molecule has 24 heavy (non-hydrogen) atoms. The van der Waals surface area contributed by atoms with E-state index >= 15 is 0 Å². The summed E-state index contributed by atoms with van der Waals surface area (Å²) >= 11 is 0. The molecule has 0 bridgehead atoms. The van der Waals surface area contributed by atoms with Crippen molar-refractivity contribution >= 4 is 0 Å². The van der Waals surface area contributed by atoms with Crippen molar-refractivity contribution in [3.05, 3.63) is 70.5 Å². The molecule has 1 aliphatic carbocycles. The fraction of sp³-hybridized carbons (Fsp3) is 0.400. The van der Waals surface area contributed by atoms with Crippen molar-refractivity contribution in [2.24, 2.45) is 0 Å². The van der Waals surface area contributed by atoms with E-state index < -0.39 is 0 Å². The molecule has 1 heterocycles. The van der Waals surface area contributed by atoms with Crippen molar-refractivity contribution in [2.45, 2.75) is 31.0 Å². The maximum absolute atomic E-state index is 13.9. The van der Waals surface area contributed by atoms with E-state index in [0.29, 0.717) is 13.1 Å². The van der Waals surface area contributed by atoms with E-state index in [4.69, 9.17) is 9.84 Å². The van der Waals surface area contributed by atoms with E-state index in [9.17, 15) is 4.39 Å². The Labute approximate surface area is 141 Å². The SMILES string of the molecule is OCCNC[C@H]1C[C@@H]2c3ccccc3Cc3ccc(F)cc3[C@@H]2O1. The number of hydrogen-bond donors (Lipinski definition) is 2. The second kappa shape index (κ2) is 6.63. The Kier molecular flexibility index (Phi) is 4.35. The molecule has 0 aromatic heterocycles. The number of rotatable bonds is 4. The number of hydrogen-bond acceptors (Lipinski definition) is 3. The van der Waals surface area contributed by atoms with Crippen molar-refractivity contribution in [3.63, 3.8) is 0 Å². The zero-order chi connectivity index (χ0) is 16.5. The topological polar surface area (TPSA) is 41.5 Å². The Hall–Kier alpha value is -1.75. The minimum absolute atomic E-state index is 0.0776. The molecule has 2 aromatic carbocycles. The van der Waals surface area contributed by atoms with E-state index in [1.165, 1.54) is 17.2 Å². The average Bonchev–Trinajstić information content (AvgIpc) is 2.96. The van der Waals surface area contributed by atoms with Gasteiger partial charge in [-0.25, -0.2) is 4.39 Å². The second-order valence-electron chi connectivity index (χ2n) is 6.67. The summed E-state index contributed by atoms with van der Waals surface area (Å²) in [5.41, 5.74) is 4.77. The van der Waals surface area contributed by atoms with Gasteiger partial charge in [-0.2, -0.15) is 0 Å². The summed E-state index contributed by atoms with van der Waals surface area (Å²) in [7, 11) is 0. The van der Waals surface area contributed by atoms with Gasteiger partial charge in [-0.3, -0.25) is 0 Å². The van der Waals surface area contributed by atoms with Crippen molar-refractivity contribution in [1.29, 1.82) is 0 Å². The predicted octanol–water partition coefficient (Wildman–Crippen LogP) is 2.93. The quantitative estimate of drug-likeness (QED) is 0.849. The van der Waals surface area contributed by atoms with E-state index in [0.717, 1.165) is 24.0 Å². The van der Waals surface area contributed by atoms with Gasteiger partial charge in [0.1, 0.15) is 5.82 Å². The molecule has 1 aliphatic heterocycles. The maximum atomic E-state index is 13.9. The van der Waals surface area contributed by atoms with Gasteiger partial charge in [0.05, 0.1) is 18.8 Å². The molecule has 2 aliphatic rings. The number of nitrogens with one attached hydrogen (secondary N) is 1. The highest BCUT2D eigenvalue weighted by atomic mass is 19.1. The van der Waals surface area contributed by atoms with Crippen LogP contribution in [0.4, 0.5) is 4.39 Å². The molecule has 4 rings (SSSR count). The summed E-state index contributed by atoms with van der Waals surface area (Å²) in [5.74, 6) is 0.0501. The molecule has 2 aromatic rings. The first-order chi connectivity index (χ1) is 11.8. The monoisotopic (exact) mass is 327 g/mol. The Morgan fingerprint density at radius 2 is 1.96 bits per heavy atom. The van der Waals surface area contributed by atoms with E-state index in [1.54, 1.807) is 6.07 Å². The van der Waals surface area contributed by atoms with Crippen LogP contribution in [0.5, 0.6) is 0 Å². The summed E-state index contributed by atoms with van der Waals surface area (Å²) in [4.78, 5) is 0. The second-order valence-corrected chi connectivity index (χ2v) is 6.67. The molecule has 0 unspecified atom stereocenters. The van der Waals surface area contributed by atoms with Gasteiger partial charge in [-0.05, 0) is 47.2 Å². The van der Waals surface area contributed by atoms with Crippen molar-refractivity contribution in [3.8, 4) is 0 Å². The lowest BCUT2D eigenvalue weighted by Gasteiger charge is -2.19. The highest BCUT2D eigenvalue weighted by molar-refractivity contribution is 5.45. The zero-order valence-electron chi connectivity index (χ0n) is 13.5. The summed E-state index contributed by atoms with van der Waals surface area (Å²) in [5, 5.41) is 12.1. The molecule has 0 spiro atoms. The lowest BCUT2D eigenvalue weighted by molar-refractivity contribution is 0.0403. The van der Waals surface area contributed by atoms with Gasteiger partial charge in [0, 0.05) is 19.0 Å². The van der Waals surface area contributed by atoms with Crippen LogP contribution in [0, 0.1) is 5.82 Å². The minimum atomic E-state index is -0.205. The van der Waals surface area contributed by atoms with Crippen molar-refractivity contribution in [1.82, 2.24) is 5.32 Å². The largest absolute Gasteiger partial charge is 0.395 e. The van der Waals surface area contributed by atoms with Gasteiger partial charge in [-0.15, -0.1) is 0 Å². The number of aliphatic hydroxyl groups is 1. The Balaban J connectivity index is 1.70. The lowest BCUT2D eigenvalue weighted by atomic mass is 9.87. The zero-order valence-corrected chi connectivity index (χ0v) is 13.5. The fourth-order valence-corrected chi connectivity index (χ4v) is 4.07. The highest BCUT2D eigenvalue weighted by Gasteiger charge is 2.40. The Morgan fingerprint density at radius 1 is 1.12 bits per heavy atom. The van der Waals surface area contributed by atoms with Crippen LogP contribution in [0.2, 0.25) is 0 Å². The van der Waals surface area contributed by atoms with E-state index in [2.05, 4.69) is 29.6 Å². The van der Waals surface area contributed by atoms with Crippen LogP contribution in [0.3, 0.4) is 0 Å². The summed E-state index contributed by atoms with van der Waals surface area (Å²) < 4.78 is 20.2.